The Morgan fingerprint density at radius 2 is 2.10 bits per heavy atom. The van der Waals surface area contributed by atoms with Gasteiger partial charge in [0.1, 0.15) is 5.15 Å². The Kier molecular flexibility index (Phi) is 4.05. The molecule has 0 aliphatic heterocycles. The van der Waals surface area contributed by atoms with Crippen LogP contribution in [0.2, 0.25) is 5.15 Å². The fraction of sp³-hybridized carbons (Fsp3) is 0.0909. The van der Waals surface area contributed by atoms with Gasteiger partial charge in [0.2, 0.25) is 5.95 Å². The van der Waals surface area contributed by atoms with Gasteiger partial charge in [-0.3, -0.25) is 0 Å². The first-order chi connectivity index (χ1) is 9.42. The second kappa shape index (κ2) is 5.59. The summed E-state index contributed by atoms with van der Waals surface area (Å²) in [5, 5.41) is 0.0820. The van der Waals surface area contributed by atoms with E-state index < -0.39 is 15.8 Å². The summed E-state index contributed by atoms with van der Waals surface area (Å²) in [7, 11) is -2.72. The van der Waals surface area contributed by atoms with Crippen LogP contribution in [0.15, 0.2) is 35.4 Å². The van der Waals surface area contributed by atoms with Crippen molar-refractivity contribution in [2.24, 2.45) is 0 Å². The van der Waals surface area contributed by atoms with Crippen molar-refractivity contribution in [3.63, 3.8) is 0 Å². The number of sulfonamides is 1. The van der Waals surface area contributed by atoms with Gasteiger partial charge in [-0.1, -0.05) is 11.6 Å². The standard InChI is InChI=1S/C11H9ClFN3O3S/c1-19-9-3-2-7(6-8(9)13)20(17,18)16-11-14-5-4-10(12)15-11/h2-6H,1H3,(H,14,15,16). The quantitative estimate of drug-likeness (QED) is 0.873. The van der Waals surface area contributed by atoms with Crippen LogP contribution in [0.3, 0.4) is 0 Å². The van der Waals surface area contributed by atoms with E-state index in [4.69, 9.17) is 16.3 Å². The minimum atomic E-state index is -4.01. The van der Waals surface area contributed by atoms with Crippen LogP contribution in [-0.2, 0) is 10.0 Å². The number of ether oxygens (including phenoxy) is 1. The highest BCUT2D eigenvalue weighted by Gasteiger charge is 2.18. The van der Waals surface area contributed by atoms with Gasteiger partial charge in [-0.25, -0.2) is 27.5 Å². The van der Waals surface area contributed by atoms with E-state index in [0.29, 0.717) is 0 Å². The first kappa shape index (κ1) is 14.5. The summed E-state index contributed by atoms with van der Waals surface area (Å²) in [6.07, 6.45) is 1.29. The van der Waals surface area contributed by atoms with Crippen molar-refractivity contribution in [1.29, 1.82) is 0 Å². The topological polar surface area (TPSA) is 81.2 Å². The molecule has 0 radical (unpaired) electrons. The Labute approximate surface area is 119 Å². The number of benzene rings is 1. The number of hydrogen-bond donors (Lipinski definition) is 1. The Morgan fingerprint density at radius 3 is 2.70 bits per heavy atom. The number of nitrogens with one attached hydrogen (secondary N) is 1. The van der Waals surface area contributed by atoms with E-state index >= 15 is 0 Å². The van der Waals surface area contributed by atoms with Crippen LogP contribution in [0, 0.1) is 5.82 Å². The second-order valence-corrected chi connectivity index (χ2v) is 5.67. The molecule has 0 fully saturated rings. The molecular weight excluding hydrogens is 309 g/mol. The molecule has 0 amide bonds. The van der Waals surface area contributed by atoms with Gasteiger partial charge in [0, 0.05) is 6.20 Å². The highest BCUT2D eigenvalue weighted by atomic mass is 35.5. The lowest BCUT2D eigenvalue weighted by atomic mass is 10.3. The maximum Gasteiger partial charge on any atom is 0.264 e. The summed E-state index contributed by atoms with van der Waals surface area (Å²) >= 11 is 5.62. The average molecular weight is 318 g/mol. The predicted octanol–water partition coefficient (Wildman–Crippen LogP) is 2.08. The predicted molar refractivity (Wildman–Crippen MR) is 70.8 cm³/mol. The number of hydrogen-bond acceptors (Lipinski definition) is 5. The van der Waals surface area contributed by atoms with Gasteiger partial charge in [0.05, 0.1) is 12.0 Å². The van der Waals surface area contributed by atoms with Crippen LogP contribution in [0.25, 0.3) is 0 Å². The molecule has 1 aromatic heterocycles. The molecule has 1 aromatic carbocycles. The van der Waals surface area contributed by atoms with Crippen LogP contribution in [0.5, 0.6) is 5.75 Å². The van der Waals surface area contributed by atoms with Crippen LogP contribution in [-0.4, -0.2) is 25.5 Å². The van der Waals surface area contributed by atoms with E-state index in [2.05, 4.69) is 14.7 Å². The van der Waals surface area contributed by atoms with Gasteiger partial charge in [0.15, 0.2) is 11.6 Å². The third-order valence-electron chi connectivity index (χ3n) is 2.28. The van der Waals surface area contributed by atoms with Gasteiger partial charge in [0.25, 0.3) is 10.0 Å². The second-order valence-electron chi connectivity index (χ2n) is 3.60. The SMILES string of the molecule is COc1ccc(S(=O)(=O)Nc2nccc(Cl)n2)cc1F. The van der Waals surface area contributed by atoms with E-state index in [1.54, 1.807) is 0 Å². The Morgan fingerprint density at radius 1 is 1.35 bits per heavy atom. The molecule has 2 aromatic rings. The third kappa shape index (κ3) is 3.14. The molecule has 0 unspecified atom stereocenters. The van der Waals surface area contributed by atoms with Crippen LogP contribution in [0.4, 0.5) is 10.3 Å². The van der Waals surface area contributed by atoms with E-state index in [0.717, 1.165) is 6.07 Å². The summed E-state index contributed by atoms with van der Waals surface area (Å²) in [6, 6.07) is 4.65. The molecule has 0 atom stereocenters. The lowest BCUT2D eigenvalue weighted by Crippen LogP contribution is -2.15. The number of anilines is 1. The Balaban J connectivity index is 2.33. The lowest BCUT2D eigenvalue weighted by Gasteiger charge is -2.08. The van der Waals surface area contributed by atoms with Gasteiger partial charge >= 0.3 is 0 Å². The monoisotopic (exact) mass is 317 g/mol. The molecule has 0 spiro atoms. The van der Waals surface area contributed by atoms with Crippen LogP contribution < -0.4 is 9.46 Å². The van der Waals surface area contributed by atoms with Gasteiger partial charge in [-0.05, 0) is 24.3 Å². The largest absolute Gasteiger partial charge is 0.494 e. The van der Waals surface area contributed by atoms with Crippen molar-refractivity contribution in [3.05, 3.63) is 41.4 Å². The molecule has 0 saturated heterocycles. The summed E-state index contributed by atoms with van der Waals surface area (Å²) < 4.78 is 44.4. The molecule has 0 aliphatic rings. The minimum absolute atomic E-state index is 0.0528. The number of halogens is 2. The number of rotatable bonds is 4. The van der Waals surface area contributed by atoms with Gasteiger partial charge < -0.3 is 4.74 Å². The van der Waals surface area contributed by atoms with Crippen LogP contribution in [0.1, 0.15) is 0 Å². The zero-order valence-corrected chi connectivity index (χ0v) is 11.7. The van der Waals surface area contributed by atoms with Crippen LogP contribution >= 0.6 is 11.6 Å². The number of nitrogens with zero attached hydrogens (tertiary/aromatic N) is 2. The summed E-state index contributed by atoms with van der Waals surface area (Å²) in [5.41, 5.74) is 0. The molecule has 0 saturated carbocycles. The molecule has 106 valence electrons. The minimum Gasteiger partial charge on any atom is -0.494 e. The number of methoxy groups -OCH3 is 1. The maximum absolute atomic E-state index is 13.5. The Bertz CT molecular complexity index is 739. The fourth-order valence-electron chi connectivity index (χ4n) is 1.38. The first-order valence-corrected chi connectivity index (χ1v) is 7.13. The molecule has 9 heteroatoms. The van der Waals surface area contributed by atoms with E-state index in [1.165, 1.54) is 31.5 Å². The molecule has 2 rings (SSSR count). The fourth-order valence-corrected chi connectivity index (χ4v) is 2.48. The molecule has 0 bridgehead atoms. The van der Waals surface area contributed by atoms with Crippen molar-refractivity contribution in [2.75, 3.05) is 11.8 Å². The zero-order valence-electron chi connectivity index (χ0n) is 10.2. The third-order valence-corrected chi connectivity index (χ3v) is 3.82. The smallest absolute Gasteiger partial charge is 0.264 e. The zero-order chi connectivity index (χ0) is 14.8. The normalized spacial score (nSPS) is 11.2. The first-order valence-electron chi connectivity index (χ1n) is 5.27. The summed E-state index contributed by atoms with van der Waals surface area (Å²) in [4.78, 5) is 7.11. The van der Waals surface area contributed by atoms with Gasteiger partial charge in [-0.2, -0.15) is 0 Å². The molecule has 0 aliphatic carbocycles. The molecule has 1 N–H and O–H groups in total. The van der Waals surface area contributed by atoms with Crippen molar-refractivity contribution < 1.29 is 17.5 Å². The van der Waals surface area contributed by atoms with Crippen molar-refractivity contribution in [2.45, 2.75) is 4.90 Å². The van der Waals surface area contributed by atoms with Crippen molar-refractivity contribution in [1.82, 2.24) is 9.97 Å². The van der Waals surface area contributed by atoms with Crippen molar-refractivity contribution >= 4 is 27.6 Å². The maximum atomic E-state index is 13.5. The molecule has 1 heterocycles. The van der Waals surface area contributed by atoms with Crippen molar-refractivity contribution in [3.8, 4) is 5.75 Å². The Hall–Kier alpha value is -1.93. The van der Waals surface area contributed by atoms with E-state index in [9.17, 15) is 12.8 Å². The lowest BCUT2D eigenvalue weighted by molar-refractivity contribution is 0.385. The molecule has 20 heavy (non-hydrogen) atoms. The van der Waals surface area contributed by atoms with E-state index in [1.807, 2.05) is 0 Å². The average Bonchev–Trinajstić information content (AvgIpc) is 2.38. The summed E-state index contributed by atoms with van der Waals surface area (Å²) in [5.74, 6) is -1.04. The summed E-state index contributed by atoms with van der Waals surface area (Å²) in [6.45, 7) is 0. The highest BCUT2D eigenvalue weighted by molar-refractivity contribution is 7.92. The molecule has 6 nitrogen and oxygen atoms in total. The van der Waals surface area contributed by atoms with Gasteiger partial charge in [-0.15, -0.1) is 0 Å². The number of aromatic nitrogens is 2. The molecular formula is C11H9ClFN3O3S. The van der Waals surface area contributed by atoms with E-state index in [-0.39, 0.29) is 21.7 Å². The highest BCUT2D eigenvalue weighted by Crippen LogP contribution is 2.21.